The smallest absolute Gasteiger partial charge is 0.330 e. The molecule has 11 nitrogen and oxygen atoms in total. The van der Waals surface area contributed by atoms with Gasteiger partial charge in [0, 0.05) is 12.3 Å². The van der Waals surface area contributed by atoms with E-state index in [-0.39, 0.29) is 5.70 Å². The van der Waals surface area contributed by atoms with Gasteiger partial charge < -0.3 is 20.7 Å². The molecule has 1 saturated heterocycles. The maximum atomic E-state index is 11.8. The van der Waals surface area contributed by atoms with Crippen LogP contribution in [0.1, 0.15) is 6.23 Å². The fraction of sp³-hybridized carbons (Fsp3) is 0.455. The second-order valence-electron chi connectivity index (χ2n) is 5.10. The summed E-state index contributed by atoms with van der Waals surface area (Å²) in [5, 5.41) is 20.5. The number of H-pyrrole nitrogens is 1. The average molecular weight is 347 g/mol. The minimum absolute atomic E-state index is 0.357. The molecule has 4 atom stereocenters. The zero-order valence-electron chi connectivity index (χ0n) is 11.4. The van der Waals surface area contributed by atoms with Crippen molar-refractivity contribution in [3.63, 3.8) is 0 Å². The lowest BCUT2D eigenvalue weighted by Crippen LogP contribution is -2.53. The molecule has 1 spiro atoms. The van der Waals surface area contributed by atoms with E-state index in [1.807, 2.05) is 4.98 Å². The number of aliphatic hydroxyl groups excluding tert-OH is 2. The van der Waals surface area contributed by atoms with E-state index in [9.17, 15) is 28.2 Å². The lowest BCUT2D eigenvalue weighted by Gasteiger charge is -2.30. The Hall–Kier alpha value is -1.99. The number of hydrogen-bond donors (Lipinski definition) is 4. The summed E-state index contributed by atoms with van der Waals surface area (Å²) in [6, 6.07) is 1.02. The first-order chi connectivity index (χ1) is 10.7. The standard InChI is InChI=1S/C11H13N3O8S/c12-5-4-23(19,20)22-11(5)6(3-15)21-9(8(11)17)14-2-1-7(16)13-10(14)18/h1-2,4,6,8-9,15,17H,3,12H2,(H,13,16,18). The second kappa shape index (κ2) is 5.01. The Bertz CT molecular complexity index is 887. The van der Waals surface area contributed by atoms with E-state index in [4.69, 9.17) is 14.7 Å². The summed E-state index contributed by atoms with van der Waals surface area (Å²) in [7, 11) is -4.17. The van der Waals surface area contributed by atoms with Gasteiger partial charge in [0.15, 0.2) is 11.8 Å². The molecule has 0 radical (unpaired) electrons. The molecule has 0 bridgehead atoms. The van der Waals surface area contributed by atoms with Crippen molar-refractivity contribution in [2.75, 3.05) is 6.61 Å². The molecule has 0 saturated carbocycles. The Kier molecular flexibility index (Phi) is 3.46. The first-order valence-corrected chi connectivity index (χ1v) is 7.87. The van der Waals surface area contributed by atoms with Gasteiger partial charge >= 0.3 is 5.69 Å². The van der Waals surface area contributed by atoms with Crippen molar-refractivity contribution in [1.82, 2.24) is 9.55 Å². The molecule has 23 heavy (non-hydrogen) atoms. The second-order valence-corrected chi connectivity index (χ2v) is 6.49. The highest BCUT2D eigenvalue weighted by Gasteiger charge is 2.64. The van der Waals surface area contributed by atoms with Crippen LogP contribution >= 0.6 is 0 Å². The molecule has 1 aromatic rings. The number of nitrogens with one attached hydrogen (secondary N) is 1. The number of aliphatic hydroxyl groups is 2. The number of ether oxygens (including phenoxy) is 1. The topological polar surface area (TPSA) is 174 Å². The van der Waals surface area contributed by atoms with Gasteiger partial charge in [-0.25, -0.2) is 8.98 Å². The van der Waals surface area contributed by atoms with Gasteiger partial charge in [0.1, 0.15) is 12.2 Å². The Morgan fingerprint density at radius 1 is 1.43 bits per heavy atom. The van der Waals surface area contributed by atoms with E-state index in [1.54, 1.807) is 0 Å². The zero-order chi connectivity index (χ0) is 17.0. The van der Waals surface area contributed by atoms with Crippen molar-refractivity contribution in [2.45, 2.75) is 24.0 Å². The molecule has 2 aliphatic rings. The summed E-state index contributed by atoms with van der Waals surface area (Å²) in [6.07, 6.45) is -3.42. The lowest BCUT2D eigenvalue weighted by atomic mass is 9.89. The SMILES string of the molecule is NC1=CS(=O)(=O)OC12C(CO)OC(n1ccc(=O)[nH]c1=O)C2O. The van der Waals surface area contributed by atoms with Gasteiger partial charge in [-0.15, -0.1) is 0 Å². The Morgan fingerprint density at radius 3 is 2.65 bits per heavy atom. The largest absolute Gasteiger partial charge is 0.399 e. The summed E-state index contributed by atoms with van der Waals surface area (Å²) in [4.78, 5) is 24.9. The number of nitrogens with zero attached hydrogens (tertiary/aromatic N) is 1. The van der Waals surface area contributed by atoms with Crippen molar-refractivity contribution < 1.29 is 27.6 Å². The van der Waals surface area contributed by atoms with E-state index in [1.165, 1.54) is 0 Å². The Labute approximate surface area is 128 Å². The number of hydrogen-bond acceptors (Lipinski definition) is 9. The van der Waals surface area contributed by atoms with Crippen LogP contribution in [-0.4, -0.2) is 52.6 Å². The molecule has 4 unspecified atom stereocenters. The van der Waals surface area contributed by atoms with Gasteiger partial charge in [-0.05, 0) is 0 Å². The van der Waals surface area contributed by atoms with Crippen LogP contribution < -0.4 is 17.0 Å². The fourth-order valence-electron chi connectivity index (χ4n) is 2.74. The number of aromatic amines is 1. The third-order valence-electron chi connectivity index (χ3n) is 3.76. The number of aromatic nitrogens is 2. The van der Waals surface area contributed by atoms with E-state index in [0.29, 0.717) is 5.41 Å². The maximum absolute atomic E-state index is 11.8. The molecule has 1 fully saturated rings. The fourth-order valence-corrected chi connectivity index (χ4v) is 3.97. The predicted molar refractivity (Wildman–Crippen MR) is 73.3 cm³/mol. The van der Waals surface area contributed by atoms with Crippen LogP contribution in [0.3, 0.4) is 0 Å². The Morgan fingerprint density at radius 2 is 2.13 bits per heavy atom. The molecule has 1 aromatic heterocycles. The minimum Gasteiger partial charge on any atom is -0.399 e. The molecular weight excluding hydrogens is 334 g/mol. The molecular formula is C11H13N3O8S. The van der Waals surface area contributed by atoms with Crippen LogP contribution in [0.5, 0.6) is 0 Å². The number of nitrogens with two attached hydrogens (primary N) is 1. The third-order valence-corrected chi connectivity index (χ3v) is 4.81. The molecule has 3 heterocycles. The highest BCUT2D eigenvalue weighted by molar-refractivity contribution is 7.90. The van der Waals surface area contributed by atoms with Crippen LogP contribution in [0.15, 0.2) is 33.0 Å². The van der Waals surface area contributed by atoms with Gasteiger partial charge in [0.05, 0.1) is 17.7 Å². The minimum atomic E-state index is -4.17. The van der Waals surface area contributed by atoms with Crippen molar-refractivity contribution >= 4 is 10.1 Å². The van der Waals surface area contributed by atoms with Crippen molar-refractivity contribution in [3.05, 3.63) is 44.2 Å². The van der Waals surface area contributed by atoms with Crippen LogP contribution in [-0.2, 0) is 19.0 Å². The molecule has 0 amide bonds. The first-order valence-electron chi connectivity index (χ1n) is 6.40. The maximum Gasteiger partial charge on any atom is 0.330 e. The van der Waals surface area contributed by atoms with Gasteiger partial charge in [-0.2, -0.15) is 8.42 Å². The van der Waals surface area contributed by atoms with Crippen LogP contribution in [0.4, 0.5) is 0 Å². The van der Waals surface area contributed by atoms with Gasteiger partial charge in [0.2, 0.25) is 0 Å². The van der Waals surface area contributed by atoms with E-state index >= 15 is 0 Å². The third kappa shape index (κ3) is 2.22. The van der Waals surface area contributed by atoms with Gasteiger partial charge in [0.25, 0.3) is 15.7 Å². The lowest BCUT2D eigenvalue weighted by molar-refractivity contribution is -0.0590. The monoisotopic (exact) mass is 347 g/mol. The molecule has 12 heteroatoms. The molecule has 0 aliphatic carbocycles. The van der Waals surface area contributed by atoms with Gasteiger partial charge in [-0.1, -0.05) is 0 Å². The molecule has 126 valence electrons. The van der Waals surface area contributed by atoms with E-state index in [2.05, 4.69) is 0 Å². The van der Waals surface area contributed by atoms with Gasteiger partial charge in [-0.3, -0.25) is 14.3 Å². The summed E-state index contributed by atoms with van der Waals surface area (Å²) in [5.74, 6) is 0. The quantitative estimate of drug-likeness (QED) is 0.399. The van der Waals surface area contributed by atoms with E-state index in [0.717, 1.165) is 16.8 Å². The van der Waals surface area contributed by atoms with Crippen molar-refractivity contribution in [2.24, 2.45) is 5.73 Å². The highest BCUT2D eigenvalue weighted by Crippen LogP contribution is 2.46. The van der Waals surface area contributed by atoms with Crippen molar-refractivity contribution in [3.8, 4) is 0 Å². The summed E-state index contributed by atoms with van der Waals surface area (Å²) >= 11 is 0. The summed E-state index contributed by atoms with van der Waals surface area (Å²) in [6.45, 7) is -0.726. The molecule has 2 aliphatic heterocycles. The first kappa shape index (κ1) is 15.9. The predicted octanol–water partition coefficient (Wildman–Crippen LogP) is -3.31. The number of rotatable bonds is 2. The average Bonchev–Trinajstić information content (AvgIpc) is 2.86. The normalized spacial score (nSPS) is 35.6. The van der Waals surface area contributed by atoms with Crippen LogP contribution in [0.2, 0.25) is 0 Å². The summed E-state index contributed by atoms with van der Waals surface area (Å²) < 4.78 is 34.3. The van der Waals surface area contributed by atoms with Crippen molar-refractivity contribution in [1.29, 1.82) is 0 Å². The zero-order valence-corrected chi connectivity index (χ0v) is 12.3. The summed E-state index contributed by atoms with van der Waals surface area (Å²) in [5.41, 5.74) is 1.71. The molecule has 5 N–H and O–H groups in total. The molecule has 3 rings (SSSR count). The molecule has 0 aromatic carbocycles. The van der Waals surface area contributed by atoms with Crippen LogP contribution in [0.25, 0.3) is 0 Å². The van der Waals surface area contributed by atoms with Crippen LogP contribution in [0, 0.1) is 0 Å². The highest BCUT2D eigenvalue weighted by atomic mass is 32.2. The Balaban J connectivity index is 2.10. The van der Waals surface area contributed by atoms with E-state index < -0.39 is 52.0 Å².